The van der Waals surface area contributed by atoms with E-state index in [1.165, 1.54) is 6.08 Å². The Hall–Kier alpha value is -2.11. The van der Waals surface area contributed by atoms with E-state index in [1.807, 2.05) is 0 Å². The van der Waals surface area contributed by atoms with Crippen LogP contribution in [0.1, 0.15) is 56.9 Å². The monoisotopic (exact) mass is 368 g/mol. The fraction of sp³-hybridized carbons (Fsp3) is 0.500. The van der Waals surface area contributed by atoms with Crippen molar-refractivity contribution in [3.63, 3.8) is 0 Å². The van der Waals surface area contributed by atoms with Crippen LogP contribution in [0, 0.1) is 29.3 Å². The average molecular weight is 368 g/mol. The molecule has 26 heavy (non-hydrogen) atoms. The number of hydrogen-bond donors (Lipinski definition) is 1. The number of Topliss-reactive ketones (excluding diaryl/α,β-unsaturated/α-hetero) is 1. The van der Waals surface area contributed by atoms with Crippen molar-refractivity contribution in [3.8, 4) is 0 Å². The summed E-state index contributed by atoms with van der Waals surface area (Å²) >= 11 is 0. The van der Waals surface area contributed by atoms with Crippen LogP contribution in [0.15, 0.2) is 18.2 Å². The van der Waals surface area contributed by atoms with Crippen molar-refractivity contribution in [2.45, 2.75) is 51.4 Å². The summed E-state index contributed by atoms with van der Waals surface area (Å²) in [5.41, 5.74) is 0.230. The Morgan fingerprint density at radius 1 is 1.12 bits per heavy atom. The van der Waals surface area contributed by atoms with Gasteiger partial charge in [-0.2, -0.15) is 0 Å². The summed E-state index contributed by atoms with van der Waals surface area (Å²) in [7, 11) is 0. The number of halogens is 3. The molecule has 1 aromatic carbocycles. The summed E-state index contributed by atoms with van der Waals surface area (Å²) in [6.45, 7) is 0. The van der Waals surface area contributed by atoms with E-state index in [-0.39, 0.29) is 29.6 Å². The van der Waals surface area contributed by atoms with Gasteiger partial charge in [0.1, 0.15) is 5.78 Å². The Morgan fingerprint density at radius 2 is 1.77 bits per heavy atom. The number of carboxylic acids is 1. The van der Waals surface area contributed by atoms with Crippen molar-refractivity contribution in [1.82, 2.24) is 0 Å². The van der Waals surface area contributed by atoms with Gasteiger partial charge in [0.15, 0.2) is 17.5 Å². The third-order valence-corrected chi connectivity index (χ3v) is 4.85. The zero-order chi connectivity index (χ0) is 19.1. The number of benzene rings is 1. The molecule has 0 saturated heterocycles. The van der Waals surface area contributed by atoms with E-state index in [2.05, 4.69) is 0 Å². The van der Waals surface area contributed by atoms with Crippen molar-refractivity contribution < 1.29 is 27.9 Å². The van der Waals surface area contributed by atoms with Crippen molar-refractivity contribution in [2.24, 2.45) is 11.8 Å². The van der Waals surface area contributed by atoms with E-state index >= 15 is 0 Å². The van der Waals surface area contributed by atoms with Gasteiger partial charge in [0, 0.05) is 18.8 Å². The maximum Gasteiger partial charge on any atom is 0.303 e. The first-order valence-electron chi connectivity index (χ1n) is 8.95. The van der Waals surface area contributed by atoms with Crippen LogP contribution in [0.4, 0.5) is 13.2 Å². The van der Waals surface area contributed by atoms with Crippen LogP contribution in [0.25, 0.3) is 6.08 Å². The average Bonchev–Trinajstić information content (AvgIpc) is 2.93. The van der Waals surface area contributed by atoms with Gasteiger partial charge in [-0.1, -0.05) is 31.4 Å². The normalized spacial score (nSPS) is 20.2. The number of ketones is 1. The van der Waals surface area contributed by atoms with E-state index in [0.717, 1.165) is 37.8 Å². The Labute approximate surface area is 150 Å². The van der Waals surface area contributed by atoms with E-state index < -0.39 is 23.4 Å². The smallest absolute Gasteiger partial charge is 0.303 e. The van der Waals surface area contributed by atoms with Gasteiger partial charge in [0.25, 0.3) is 0 Å². The summed E-state index contributed by atoms with van der Waals surface area (Å²) in [5.74, 6) is -4.65. The fourth-order valence-corrected chi connectivity index (χ4v) is 3.44. The molecule has 6 heteroatoms. The molecule has 0 aromatic heterocycles. The molecule has 2 atom stereocenters. The number of hydrogen-bond acceptors (Lipinski definition) is 2. The van der Waals surface area contributed by atoms with E-state index in [4.69, 9.17) is 5.11 Å². The van der Waals surface area contributed by atoms with Gasteiger partial charge in [-0.25, -0.2) is 13.2 Å². The highest BCUT2D eigenvalue weighted by molar-refractivity contribution is 5.84. The van der Waals surface area contributed by atoms with Crippen molar-refractivity contribution >= 4 is 17.8 Å². The molecule has 142 valence electrons. The van der Waals surface area contributed by atoms with Crippen LogP contribution in [-0.4, -0.2) is 16.9 Å². The van der Waals surface area contributed by atoms with Gasteiger partial charge in [0.2, 0.25) is 0 Å². The molecular weight excluding hydrogens is 345 g/mol. The van der Waals surface area contributed by atoms with Crippen LogP contribution in [0.5, 0.6) is 0 Å². The molecule has 0 aliphatic heterocycles. The van der Waals surface area contributed by atoms with E-state index in [9.17, 15) is 22.8 Å². The molecule has 0 bridgehead atoms. The molecule has 1 saturated carbocycles. The van der Waals surface area contributed by atoms with E-state index in [0.29, 0.717) is 19.3 Å². The maximum absolute atomic E-state index is 13.3. The number of aliphatic carboxylic acids is 1. The highest BCUT2D eigenvalue weighted by Gasteiger charge is 2.32. The van der Waals surface area contributed by atoms with Crippen molar-refractivity contribution in [2.75, 3.05) is 0 Å². The number of carbonyl (C=O) groups is 2. The number of carboxylic acid groups (broad SMARTS) is 1. The van der Waals surface area contributed by atoms with E-state index in [1.54, 1.807) is 6.08 Å². The second-order valence-corrected chi connectivity index (χ2v) is 6.78. The molecular formula is C20H23F3O3. The minimum absolute atomic E-state index is 0.0118. The largest absolute Gasteiger partial charge is 0.481 e. The Morgan fingerprint density at radius 3 is 2.42 bits per heavy atom. The number of allylic oxidation sites excluding steroid dienone is 1. The van der Waals surface area contributed by atoms with Gasteiger partial charge >= 0.3 is 5.97 Å². The highest BCUT2D eigenvalue weighted by Crippen LogP contribution is 2.34. The fourth-order valence-electron chi connectivity index (χ4n) is 3.44. The first kappa shape index (κ1) is 20.2. The molecule has 1 fully saturated rings. The molecule has 1 N–H and O–H groups in total. The standard InChI is InChI=1S/C20H23F3O3/c21-16-11-13(12-17(22)20(16)23)7-8-14-9-10-18(24)15(14)5-3-1-2-4-6-19(25)26/h7-8,11-12,14-15H,1-6,9-10H2,(H,25,26). The molecule has 0 amide bonds. The second-order valence-electron chi connectivity index (χ2n) is 6.78. The lowest BCUT2D eigenvalue weighted by Gasteiger charge is -2.14. The zero-order valence-corrected chi connectivity index (χ0v) is 14.5. The number of unbranched alkanes of at least 4 members (excludes halogenated alkanes) is 3. The summed E-state index contributed by atoms with van der Waals surface area (Å²) in [4.78, 5) is 22.5. The Balaban J connectivity index is 1.87. The van der Waals surface area contributed by atoms with Crippen LogP contribution >= 0.6 is 0 Å². The molecule has 0 radical (unpaired) electrons. The predicted molar refractivity (Wildman–Crippen MR) is 91.9 cm³/mol. The first-order valence-corrected chi connectivity index (χ1v) is 8.95. The third-order valence-electron chi connectivity index (χ3n) is 4.85. The summed E-state index contributed by atoms with van der Waals surface area (Å²) in [5, 5.41) is 8.59. The van der Waals surface area contributed by atoms with Gasteiger partial charge < -0.3 is 5.11 Å². The lowest BCUT2D eigenvalue weighted by Crippen LogP contribution is -2.13. The third kappa shape index (κ3) is 5.71. The van der Waals surface area contributed by atoms with Gasteiger partial charge in [-0.05, 0) is 42.9 Å². The summed E-state index contributed by atoms with van der Waals surface area (Å²) in [6.07, 6.45) is 8.59. The van der Waals surface area contributed by atoms with Gasteiger partial charge in [-0.3, -0.25) is 9.59 Å². The molecule has 1 aromatic rings. The molecule has 3 nitrogen and oxygen atoms in total. The highest BCUT2D eigenvalue weighted by atomic mass is 19.2. The number of carbonyl (C=O) groups excluding carboxylic acids is 1. The maximum atomic E-state index is 13.3. The lowest BCUT2D eigenvalue weighted by atomic mass is 9.89. The van der Waals surface area contributed by atoms with Crippen LogP contribution in [0.2, 0.25) is 0 Å². The first-order chi connectivity index (χ1) is 12.4. The SMILES string of the molecule is O=C(O)CCCCCCC1C(=O)CCC1C=Cc1cc(F)c(F)c(F)c1. The second kappa shape index (κ2) is 9.55. The summed E-state index contributed by atoms with van der Waals surface area (Å²) < 4.78 is 39.5. The lowest BCUT2D eigenvalue weighted by molar-refractivity contribution is -0.137. The van der Waals surface area contributed by atoms with Gasteiger partial charge in [-0.15, -0.1) is 0 Å². The topological polar surface area (TPSA) is 54.4 Å². The molecule has 1 aliphatic rings. The van der Waals surface area contributed by atoms with Crippen molar-refractivity contribution in [1.29, 1.82) is 0 Å². The molecule has 1 aliphatic carbocycles. The zero-order valence-electron chi connectivity index (χ0n) is 14.5. The molecule has 0 heterocycles. The molecule has 0 spiro atoms. The molecule has 2 rings (SSSR count). The minimum Gasteiger partial charge on any atom is -0.481 e. The predicted octanol–water partition coefficient (Wildman–Crippen LogP) is 5.14. The number of rotatable bonds is 9. The Kier molecular flexibility index (Phi) is 7.42. The van der Waals surface area contributed by atoms with Gasteiger partial charge in [0.05, 0.1) is 0 Å². The summed E-state index contributed by atoms with van der Waals surface area (Å²) in [6, 6.07) is 1.87. The minimum atomic E-state index is -1.49. The van der Waals surface area contributed by atoms with Crippen molar-refractivity contribution in [3.05, 3.63) is 41.2 Å². The Bertz CT molecular complexity index is 662. The van der Waals surface area contributed by atoms with Crippen LogP contribution in [0.3, 0.4) is 0 Å². The van der Waals surface area contributed by atoms with Crippen LogP contribution in [-0.2, 0) is 9.59 Å². The quantitative estimate of drug-likeness (QED) is 0.485. The van der Waals surface area contributed by atoms with Crippen LogP contribution < -0.4 is 0 Å². The molecule has 2 unspecified atom stereocenters.